The summed E-state index contributed by atoms with van der Waals surface area (Å²) in [5.74, 6) is 0.128. The molecule has 0 atom stereocenters. The van der Waals surface area contributed by atoms with Crippen molar-refractivity contribution in [2.75, 3.05) is 6.61 Å². The van der Waals surface area contributed by atoms with Crippen molar-refractivity contribution in [1.29, 1.82) is 0 Å². The zero-order valence-electron chi connectivity index (χ0n) is 22.6. The molecule has 0 N–H and O–H groups in total. The summed E-state index contributed by atoms with van der Waals surface area (Å²) < 4.78 is 24.2. The summed E-state index contributed by atoms with van der Waals surface area (Å²) in [4.78, 5) is 24.4. The van der Waals surface area contributed by atoms with Crippen LogP contribution in [-0.2, 0) is 4.79 Å². The number of unbranched alkanes of at least 4 members (excludes halogenated alkanes) is 7. The van der Waals surface area contributed by atoms with E-state index in [1.165, 1.54) is 81.4 Å². The van der Waals surface area contributed by atoms with Gasteiger partial charge >= 0.3 is 5.97 Å². The molecule has 5 heteroatoms. The Balaban J connectivity index is 1.36. The summed E-state index contributed by atoms with van der Waals surface area (Å²) in [6.07, 6.45) is 16.3. The van der Waals surface area contributed by atoms with E-state index in [1.807, 2.05) is 24.3 Å². The highest BCUT2D eigenvalue weighted by Gasteiger charge is 2.03. The lowest BCUT2D eigenvalue weighted by Gasteiger charge is -2.06. The molecule has 4 nitrogen and oxygen atoms in total. The minimum Gasteiger partial charge on any atom is -0.494 e. The first-order chi connectivity index (χ1) is 19.0. The van der Waals surface area contributed by atoms with Crippen LogP contribution in [0.3, 0.4) is 0 Å². The predicted octanol–water partition coefficient (Wildman–Crippen LogP) is 8.86. The molecule has 3 aromatic carbocycles. The topological polar surface area (TPSA) is 52.6 Å². The fourth-order valence-electron chi connectivity index (χ4n) is 3.94. The molecule has 3 rings (SSSR count). The molecule has 0 bridgehead atoms. The highest BCUT2D eigenvalue weighted by molar-refractivity contribution is 6.06. The molecule has 204 valence electrons. The van der Waals surface area contributed by atoms with Gasteiger partial charge in [0.05, 0.1) is 6.61 Å². The zero-order chi connectivity index (χ0) is 27.7. The lowest BCUT2D eigenvalue weighted by Crippen LogP contribution is -2.03. The summed E-state index contributed by atoms with van der Waals surface area (Å²) in [6.45, 7) is 2.96. The molecule has 0 aliphatic carbocycles. The molecule has 0 aliphatic rings. The molecule has 0 fully saturated rings. The molecule has 0 spiro atoms. The largest absolute Gasteiger partial charge is 0.494 e. The van der Waals surface area contributed by atoms with Gasteiger partial charge in [-0.15, -0.1) is 0 Å². The number of rotatable bonds is 16. The fraction of sp³-hybridized carbons (Fsp3) is 0.294. The van der Waals surface area contributed by atoms with Gasteiger partial charge in [-0.3, -0.25) is 4.79 Å². The van der Waals surface area contributed by atoms with E-state index in [2.05, 4.69) is 6.92 Å². The average Bonchev–Trinajstić information content (AvgIpc) is 2.95. The smallest absolute Gasteiger partial charge is 0.336 e. The van der Waals surface area contributed by atoms with Crippen molar-refractivity contribution < 1.29 is 23.5 Å². The Kier molecular flexibility index (Phi) is 12.7. The van der Waals surface area contributed by atoms with Crippen molar-refractivity contribution in [1.82, 2.24) is 0 Å². The Morgan fingerprint density at radius 1 is 0.667 bits per heavy atom. The van der Waals surface area contributed by atoms with Crippen LogP contribution in [0, 0.1) is 5.82 Å². The Morgan fingerprint density at radius 3 is 1.82 bits per heavy atom. The lowest BCUT2D eigenvalue weighted by atomic mass is 10.1. The van der Waals surface area contributed by atoms with E-state index in [-0.39, 0.29) is 11.6 Å². The highest BCUT2D eigenvalue weighted by Crippen LogP contribution is 2.17. The van der Waals surface area contributed by atoms with Crippen molar-refractivity contribution in [3.63, 3.8) is 0 Å². The van der Waals surface area contributed by atoms with Crippen LogP contribution in [0.5, 0.6) is 11.5 Å². The lowest BCUT2D eigenvalue weighted by molar-refractivity contribution is -0.128. The van der Waals surface area contributed by atoms with Crippen molar-refractivity contribution in [2.24, 2.45) is 0 Å². The van der Waals surface area contributed by atoms with E-state index in [4.69, 9.17) is 9.47 Å². The molecule has 0 aliphatic heterocycles. The molecule has 39 heavy (non-hydrogen) atoms. The van der Waals surface area contributed by atoms with Crippen LogP contribution in [0.25, 0.3) is 12.2 Å². The monoisotopic (exact) mass is 528 g/mol. The first-order valence-corrected chi connectivity index (χ1v) is 13.7. The van der Waals surface area contributed by atoms with Crippen molar-refractivity contribution in [3.8, 4) is 11.5 Å². The maximum Gasteiger partial charge on any atom is 0.336 e. The second-order valence-corrected chi connectivity index (χ2v) is 9.42. The van der Waals surface area contributed by atoms with Gasteiger partial charge in [0, 0.05) is 11.6 Å². The molecule has 3 aromatic rings. The molecule has 0 radical (unpaired) electrons. The van der Waals surface area contributed by atoms with Crippen LogP contribution < -0.4 is 9.47 Å². The summed E-state index contributed by atoms with van der Waals surface area (Å²) in [5, 5.41) is 0. The molecular weight excluding hydrogens is 491 g/mol. The maximum absolute atomic E-state index is 13.0. The molecule has 0 heterocycles. The van der Waals surface area contributed by atoms with E-state index in [0.717, 1.165) is 29.9 Å². The third-order valence-corrected chi connectivity index (χ3v) is 6.21. The van der Waals surface area contributed by atoms with Gasteiger partial charge < -0.3 is 9.47 Å². The standard InChI is InChI=1S/C34H37FO4/c1-2-3-4-5-6-7-8-9-26-38-31-20-10-28(11-21-31)15-25-34(37)39-32-22-12-27(13-23-32)14-24-33(36)29-16-18-30(35)19-17-29/h10-25H,2-9,26H2,1H3/b24-14+,25-15+. The first kappa shape index (κ1) is 29.6. The van der Waals surface area contributed by atoms with Gasteiger partial charge in [0.1, 0.15) is 17.3 Å². The van der Waals surface area contributed by atoms with Crippen molar-refractivity contribution >= 4 is 23.9 Å². The van der Waals surface area contributed by atoms with Crippen LogP contribution in [0.15, 0.2) is 84.9 Å². The van der Waals surface area contributed by atoms with Gasteiger partial charge in [0.2, 0.25) is 0 Å². The van der Waals surface area contributed by atoms with Crippen LogP contribution in [-0.4, -0.2) is 18.4 Å². The number of benzene rings is 3. The SMILES string of the molecule is CCCCCCCCCCOc1ccc(/C=C/C(=O)Oc2ccc(/C=C/C(=O)c3ccc(F)cc3)cc2)cc1. The zero-order valence-corrected chi connectivity index (χ0v) is 22.6. The summed E-state index contributed by atoms with van der Waals surface area (Å²) in [7, 11) is 0. The minimum absolute atomic E-state index is 0.223. The van der Waals surface area contributed by atoms with Crippen molar-refractivity contribution in [2.45, 2.75) is 58.3 Å². The van der Waals surface area contributed by atoms with E-state index in [1.54, 1.807) is 36.4 Å². The first-order valence-electron chi connectivity index (χ1n) is 13.7. The molecule has 0 saturated carbocycles. The van der Waals surface area contributed by atoms with E-state index in [0.29, 0.717) is 11.3 Å². The molecule has 0 saturated heterocycles. The van der Waals surface area contributed by atoms with Gasteiger partial charge in [-0.2, -0.15) is 0 Å². The Labute approximate surface area is 231 Å². The number of hydrogen-bond donors (Lipinski definition) is 0. The molecular formula is C34H37FO4. The number of carbonyl (C=O) groups is 2. The Morgan fingerprint density at radius 2 is 1.21 bits per heavy atom. The summed E-state index contributed by atoms with van der Waals surface area (Å²) in [6, 6.07) is 19.8. The molecule has 0 unspecified atom stereocenters. The van der Waals surface area contributed by atoms with Crippen LogP contribution in [0.2, 0.25) is 0 Å². The minimum atomic E-state index is -0.486. The second-order valence-electron chi connectivity index (χ2n) is 9.42. The Bertz CT molecular complexity index is 1210. The molecule has 0 amide bonds. The third kappa shape index (κ3) is 11.5. The van der Waals surface area contributed by atoms with Crippen LogP contribution >= 0.6 is 0 Å². The summed E-state index contributed by atoms with van der Waals surface area (Å²) >= 11 is 0. The van der Waals surface area contributed by atoms with E-state index < -0.39 is 5.97 Å². The van der Waals surface area contributed by atoms with Crippen LogP contribution in [0.1, 0.15) is 79.8 Å². The quantitative estimate of drug-likeness (QED) is 0.0612. The van der Waals surface area contributed by atoms with E-state index >= 15 is 0 Å². The number of esters is 1. The number of hydrogen-bond acceptors (Lipinski definition) is 4. The summed E-state index contributed by atoms with van der Waals surface area (Å²) in [5.41, 5.74) is 2.05. The van der Waals surface area contributed by atoms with E-state index in [9.17, 15) is 14.0 Å². The number of allylic oxidation sites excluding steroid dienone is 1. The predicted molar refractivity (Wildman–Crippen MR) is 155 cm³/mol. The van der Waals surface area contributed by atoms with Crippen LogP contribution in [0.4, 0.5) is 4.39 Å². The van der Waals surface area contributed by atoms with Gasteiger partial charge in [0.15, 0.2) is 5.78 Å². The number of halogens is 1. The normalized spacial score (nSPS) is 11.2. The second kappa shape index (κ2) is 16.8. The number of carbonyl (C=O) groups excluding carboxylic acids is 2. The highest BCUT2D eigenvalue weighted by atomic mass is 19.1. The fourth-order valence-corrected chi connectivity index (χ4v) is 3.94. The Hall–Kier alpha value is -3.99. The van der Waals surface area contributed by atoms with Gasteiger partial charge in [-0.25, -0.2) is 9.18 Å². The van der Waals surface area contributed by atoms with Crippen molar-refractivity contribution in [3.05, 3.63) is 107 Å². The maximum atomic E-state index is 13.0. The number of ether oxygens (including phenoxy) is 2. The molecule has 0 aromatic heterocycles. The number of ketones is 1. The van der Waals surface area contributed by atoms with Gasteiger partial charge in [-0.1, -0.05) is 82.2 Å². The average molecular weight is 529 g/mol. The van der Waals surface area contributed by atoms with Gasteiger partial charge in [0.25, 0.3) is 0 Å². The third-order valence-electron chi connectivity index (χ3n) is 6.21. The van der Waals surface area contributed by atoms with Gasteiger partial charge in [-0.05, 0) is 78.2 Å².